The summed E-state index contributed by atoms with van der Waals surface area (Å²) in [5.41, 5.74) is 5.11. The van der Waals surface area contributed by atoms with Gasteiger partial charge >= 0.3 is 0 Å². The number of anilines is 3. The fourth-order valence-electron chi connectivity index (χ4n) is 10.4. The molecule has 10 aromatic rings. The Bertz CT molecular complexity index is 3130. The Morgan fingerprint density at radius 3 is 1.53 bits per heavy atom. The molecule has 278 valence electrons. The summed E-state index contributed by atoms with van der Waals surface area (Å²) in [6, 6.07) is 84.3. The first-order valence-electron chi connectivity index (χ1n) is 20.3. The van der Waals surface area contributed by atoms with E-state index < -0.39 is 16.1 Å². The van der Waals surface area contributed by atoms with Gasteiger partial charge in [-0.3, -0.25) is 0 Å². The number of rotatable bonds is 5. The highest BCUT2D eigenvalue weighted by atomic mass is 32.2. The molecule has 0 amide bonds. The molecule has 9 aromatic carbocycles. The van der Waals surface area contributed by atoms with Gasteiger partial charge in [0.2, 0.25) is 0 Å². The lowest BCUT2D eigenvalue weighted by molar-refractivity contribution is 0.669. The van der Waals surface area contributed by atoms with Gasteiger partial charge in [-0.1, -0.05) is 182 Å². The van der Waals surface area contributed by atoms with Crippen LogP contribution in [-0.4, -0.2) is 16.1 Å². The smallest absolute Gasteiger partial charge is 0.181 e. The van der Waals surface area contributed by atoms with Gasteiger partial charge in [0.1, 0.15) is 11.2 Å². The monoisotopic (exact) mass is 803 g/mol. The molecule has 0 radical (unpaired) electrons. The molecule has 1 aromatic heterocycles. The van der Waals surface area contributed by atoms with Crippen LogP contribution in [0.3, 0.4) is 0 Å². The van der Waals surface area contributed by atoms with Crippen molar-refractivity contribution in [3.8, 4) is 0 Å². The van der Waals surface area contributed by atoms with Crippen LogP contribution in [0.5, 0.6) is 0 Å². The summed E-state index contributed by atoms with van der Waals surface area (Å²) in [6.45, 7) is 0. The highest BCUT2D eigenvalue weighted by Crippen LogP contribution is 2.43. The van der Waals surface area contributed by atoms with E-state index >= 15 is 0 Å². The van der Waals surface area contributed by atoms with Crippen LogP contribution < -0.4 is 46.4 Å². The summed E-state index contributed by atoms with van der Waals surface area (Å²) in [6.07, 6.45) is 0. The highest BCUT2D eigenvalue weighted by Gasteiger charge is 2.58. The topological polar surface area (TPSA) is 16.4 Å². The van der Waals surface area contributed by atoms with Crippen molar-refractivity contribution in [3.63, 3.8) is 0 Å². The van der Waals surface area contributed by atoms with Crippen molar-refractivity contribution in [2.75, 3.05) is 4.90 Å². The second-order valence-corrected chi connectivity index (χ2v) is 24.0. The van der Waals surface area contributed by atoms with E-state index in [1.807, 2.05) is 11.8 Å². The molecule has 2 aliphatic heterocycles. The lowest BCUT2D eigenvalue weighted by Gasteiger charge is -2.50. The van der Waals surface area contributed by atoms with Gasteiger partial charge in [-0.15, -0.1) is 0 Å². The largest absolute Gasteiger partial charge is 0.456 e. The van der Waals surface area contributed by atoms with Crippen molar-refractivity contribution < 1.29 is 4.42 Å². The summed E-state index contributed by atoms with van der Waals surface area (Å²) in [4.78, 5) is 5.18. The summed E-state index contributed by atoms with van der Waals surface area (Å²) < 4.78 is 6.52. The zero-order chi connectivity index (χ0) is 39.0. The number of nitrogens with zero attached hydrogens (tertiary/aromatic N) is 1. The summed E-state index contributed by atoms with van der Waals surface area (Å²) in [7, 11) is -5.92. The van der Waals surface area contributed by atoms with Crippen molar-refractivity contribution >= 4 is 108 Å². The maximum atomic E-state index is 6.52. The van der Waals surface area contributed by atoms with Crippen molar-refractivity contribution in [1.29, 1.82) is 0 Å². The average Bonchev–Trinajstić information content (AvgIpc) is 3.70. The first kappa shape index (κ1) is 34.4. The maximum absolute atomic E-state index is 6.52. The zero-order valence-corrected chi connectivity index (χ0v) is 34.9. The molecule has 2 nitrogen and oxygen atoms in total. The number of furan rings is 1. The summed E-state index contributed by atoms with van der Waals surface area (Å²) in [5, 5.41) is 13.9. The minimum atomic E-state index is -3.00. The SMILES string of the molecule is c1ccc(N(c2ccc3c(c2)[Si]2(c4ccccc4Sc4ccccc42)c2ccccc2[Si]3(c2ccccc2)c2ccccc2)c2cccc3oc4ccccc4c23)cc1. The van der Waals surface area contributed by atoms with Gasteiger partial charge in [0.15, 0.2) is 16.1 Å². The molecular weight excluding hydrogens is 767 g/mol. The van der Waals surface area contributed by atoms with E-state index in [0.717, 1.165) is 39.0 Å². The zero-order valence-electron chi connectivity index (χ0n) is 32.1. The third-order valence-electron chi connectivity index (χ3n) is 12.7. The number of hydrogen-bond donors (Lipinski definition) is 0. The van der Waals surface area contributed by atoms with Crippen LogP contribution in [-0.2, 0) is 0 Å². The van der Waals surface area contributed by atoms with Crippen molar-refractivity contribution in [3.05, 3.63) is 224 Å². The number of hydrogen-bond acceptors (Lipinski definition) is 3. The molecular formula is C54H37NOSSi2. The molecule has 2 aliphatic rings. The van der Waals surface area contributed by atoms with Crippen molar-refractivity contribution in [1.82, 2.24) is 0 Å². The average molecular weight is 804 g/mol. The first-order valence-corrected chi connectivity index (χ1v) is 25.1. The quantitative estimate of drug-likeness (QED) is 0.162. The number of fused-ring (bicyclic) bond motifs is 11. The Labute approximate surface area is 350 Å². The summed E-state index contributed by atoms with van der Waals surface area (Å²) in [5.74, 6) is 0. The van der Waals surface area contributed by atoms with Gasteiger partial charge in [0.25, 0.3) is 0 Å². The third kappa shape index (κ3) is 4.87. The van der Waals surface area contributed by atoms with E-state index in [1.165, 1.54) is 51.3 Å². The van der Waals surface area contributed by atoms with Gasteiger partial charge in [-0.05, 0) is 96.1 Å². The minimum absolute atomic E-state index is 0.883. The molecule has 0 atom stereocenters. The molecule has 12 rings (SSSR count). The predicted molar refractivity (Wildman–Crippen MR) is 253 cm³/mol. The molecule has 3 heterocycles. The minimum Gasteiger partial charge on any atom is -0.456 e. The van der Waals surface area contributed by atoms with E-state index in [-0.39, 0.29) is 0 Å². The van der Waals surface area contributed by atoms with Crippen LogP contribution in [0, 0.1) is 0 Å². The fraction of sp³-hybridized carbons (Fsp3) is 0. The van der Waals surface area contributed by atoms with Crippen LogP contribution in [0.15, 0.2) is 239 Å². The van der Waals surface area contributed by atoms with E-state index in [2.05, 4.69) is 229 Å². The molecule has 59 heavy (non-hydrogen) atoms. The molecule has 0 saturated heterocycles. The van der Waals surface area contributed by atoms with Crippen LogP contribution >= 0.6 is 11.8 Å². The molecule has 1 spiro atoms. The Morgan fingerprint density at radius 2 is 0.864 bits per heavy atom. The highest BCUT2D eigenvalue weighted by molar-refractivity contribution is 8.00. The molecule has 0 bridgehead atoms. The maximum Gasteiger partial charge on any atom is 0.181 e. The number of para-hydroxylation sites is 2. The molecule has 0 fully saturated rings. The predicted octanol–water partition coefficient (Wildman–Crippen LogP) is 8.59. The second kappa shape index (κ2) is 13.5. The molecule has 0 aliphatic carbocycles. The second-order valence-electron chi connectivity index (χ2n) is 15.5. The van der Waals surface area contributed by atoms with Gasteiger partial charge in [-0.2, -0.15) is 0 Å². The Balaban J connectivity index is 1.27. The summed E-state index contributed by atoms with van der Waals surface area (Å²) >= 11 is 1.93. The van der Waals surface area contributed by atoms with Crippen LogP contribution in [0.1, 0.15) is 0 Å². The Kier molecular flexibility index (Phi) is 7.85. The Morgan fingerprint density at radius 1 is 0.356 bits per heavy atom. The molecule has 0 saturated carbocycles. The fourth-order valence-corrected chi connectivity index (χ4v) is 24.7. The van der Waals surface area contributed by atoms with Gasteiger partial charge in [0, 0.05) is 26.6 Å². The Hall–Kier alpha value is -6.64. The third-order valence-corrected chi connectivity index (χ3v) is 24.5. The van der Waals surface area contributed by atoms with E-state index in [4.69, 9.17) is 4.42 Å². The van der Waals surface area contributed by atoms with Crippen LogP contribution in [0.25, 0.3) is 21.9 Å². The van der Waals surface area contributed by atoms with Gasteiger partial charge < -0.3 is 9.32 Å². The molecule has 0 N–H and O–H groups in total. The van der Waals surface area contributed by atoms with Crippen LogP contribution in [0.2, 0.25) is 0 Å². The van der Waals surface area contributed by atoms with Gasteiger partial charge in [0.05, 0.1) is 11.1 Å². The van der Waals surface area contributed by atoms with Crippen LogP contribution in [0.4, 0.5) is 17.1 Å². The molecule has 0 unspecified atom stereocenters. The normalized spacial score (nSPS) is 14.3. The van der Waals surface area contributed by atoms with E-state index in [9.17, 15) is 0 Å². The lowest BCUT2D eigenvalue weighted by atomic mass is 10.1. The molecule has 5 heteroatoms. The van der Waals surface area contributed by atoms with Crippen molar-refractivity contribution in [2.24, 2.45) is 0 Å². The first-order chi connectivity index (χ1) is 29.3. The van der Waals surface area contributed by atoms with E-state index in [1.54, 1.807) is 0 Å². The van der Waals surface area contributed by atoms with Crippen molar-refractivity contribution in [2.45, 2.75) is 9.79 Å². The van der Waals surface area contributed by atoms with Gasteiger partial charge in [-0.25, -0.2) is 0 Å². The lowest BCUT2D eigenvalue weighted by Crippen LogP contribution is -2.93. The van der Waals surface area contributed by atoms with E-state index in [0.29, 0.717) is 0 Å². The standard InChI is InChI=1S/C54H37NOSSi2/c1-4-19-38(20-5-1)55(43-26-18-28-45-54(43)42-25-10-11-27-44(42)56-45)39-35-36-52-53(37-39)59(48-31-14-12-29-46(48)57-47-30-13-15-32-49(47)59)51-34-17-16-33-50(51)58(52,40-21-6-2-7-22-40)41-23-8-3-9-24-41/h1-37H. The number of benzene rings is 9.